The van der Waals surface area contributed by atoms with Crippen LogP contribution >= 0.6 is 15.9 Å². The molecular formula is C18H26BrN4O3+. The number of nitrogens with two attached hydrogens (primary N) is 1. The van der Waals surface area contributed by atoms with Crippen molar-refractivity contribution in [2.24, 2.45) is 0 Å². The van der Waals surface area contributed by atoms with Crippen molar-refractivity contribution in [2.45, 2.75) is 45.4 Å². The van der Waals surface area contributed by atoms with Crippen LogP contribution in [0.25, 0.3) is 0 Å². The van der Waals surface area contributed by atoms with E-state index in [1.54, 1.807) is 23.5 Å². The van der Waals surface area contributed by atoms with Crippen LogP contribution in [0, 0.1) is 0 Å². The Morgan fingerprint density at radius 2 is 2.08 bits per heavy atom. The molecule has 0 aliphatic rings. The molecule has 7 nitrogen and oxygen atoms in total. The maximum absolute atomic E-state index is 12.4. The summed E-state index contributed by atoms with van der Waals surface area (Å²) in [5, 5.41) is 7.31. The summed E-state index contributed by atoms with van der Waals surface area (Å²) in [4.78, 5) is 17.6. The highest BCUT2D eigenvalue weighted by molar-refractivity contribution is 9.10. The van der Waals surface area contributed by atoms with Crippen LogP contribution in [0.3, 0.4) is 0 Å². The average Bonchev–Trinajstić information content (AvgIpc) is 2.90. The number of quaternary nitrogens is 1. The van der Waals surface area contributed by atoms with Gasteiger partial charge in [0.25, 0.3) is 0 Å². The van der Waals surface area contributed by atoms with Crippen LogP contribution in [-0.4, -0.2) is 28.6 Å². The highest BCUT2D eigenvalue weighted by Crippen LogP contribution is 2.26. The number of nitrogens with zero attached hydrogens (tertiary/aromatic N) is 2. The second-order valence-electron chi connectivity index (χ2n) is 7.29. The van der Waals surface area contributed by atoms with E-state index in [-0.39, 0.29) is 0 Å². The summed E-state index contributed by atoms with van der Waals surface area (Å²) in [5.41, 5.74) is 2.17. The molecule has 26 heavy (non-hydrogen) atoms. The predicted molar refractivity (Wildman–Crippen MR) is 102 cm³/mol. The Kier molecular flexibility index (Phi) is 6.44. The molecule has 2 aromatic rings. The second kappa shape index (κ2) is 8.20. The largest absolute Gasteiger partial charge is 0.444 e. The monoisotopic (exact) mass is 425 g/mol. The standard InChI is InChI=1S/C18H25BrN4O3/c1-17(2,3)26-16(24)21-18(4,12-23-11-14(19)10-20-23)13-7-6-8-15(9-13)22-25-5/h6-11,22H,12H2,1-5H3,(H,21,24)/p+1. The van der Waals surface area contributed by atoms with Crippen molar-refractivity contribution >= 4 is 27.7 Å². The summed E-state index contributed by atoms with van der Waals surface area (Å²) in [6, 6.07) is 7.79. The maximum atomic E-state index is 12.4. The zero-order valence-electron chi connectivity index (χ0n) is 15.7. The van der Waals surface area contributed by atoms with Gasteiger partial charge in [0, 0.05) is 18.3 Å². The van der Waals surface area contributed by atoms with E-state index in [0.29, 0.717) is 6.54 Å². The van der Waals surface area contributed by atoms with Crippen molar-refractivity contribution in [3.8, 4) is 0 Å². The van der Waals surface area contributed by atoms with E-state index in [9.17, 15) is 4.79 Å². The number of carbonyl (C=O) groups is 1. The third-order valence-electron chi connectivity index (χ3n) is 3.63. The molecule has 0 aliphatic heterocycles. The number of ether oxygens (including phenoxy) is 1. The number of benzene rings is 1. The van der Waals surface area contributed by atoms with Crippen LogP contribution in [0.2, 0.25) is 0 Å². The van der Waals surface area contributed by atoms with Gasteiger partial charge >= 0.3 is 6.09 Å². The molecule has 142 valence electrons. The molecule has 1 unspecified atom stereocenters. The number of halogens is 1. The van der Waals surface area contributed by atoms with Gasteiger partial charge in [0.05, 0.1) is 29.9 Å². The number of nitrogens with one attached hydrogen (secondary N) is 1. The quantitative estimate of drug-likeness (QED) is 0.550. The Hall–Kier alpha value is -1.90. The third kappa shape index (κ3) is 5.82. The summed E-state index contributed by atoms with van der Waals surface area (Å²) in [7, 11) is 1.60. The molecule has 0 saturated carbocycles. The van der Waals surface area contributed by atoms with E-state index in [0.717, 1.165) is 15.7 Å². The van der Waals surface area contributed by atoms with Gasteiger partial charge < -0.3 is 10.1 Å². The predicted octanol–water partition coefficient (Wildman–Crippen LogP) is 2.84. The van der Waals surface area contributed by atoms with Gasteiger partial charge in [-0.3, -0.25) is 4.68 Å². The first kappa shape index (κ1) is 20.4. The van der Waals surface area contributed by atoms with E-state index >= 15 is 0 Å². The molecule has 1 aromatic carbocycles. The summed E-state index contributed by atoms with van der Waals surface area (Å²) in [6.07, 6.45) is 3.09. The number of alkyl carbamates (subject to hydrolysis) is 1. The minimum Gasteiger partial charge on any atom is -0.444 e. The van der Waals surface area contributed by atoms with Crippen molar-refractivity contribution in [3.05, 3.63) is 46.7 Å². The van der Waals surface area contributed by atoms with Crippen molar-refractivity contribution < 1.29 is 19.8 Å². The number of hydrogen-bond acceptors (Lipinski definition) is 4. The molecule has 1 atom stereocenters. The first-order valence-electron chi connectivity index (χ1n) is 8.27. The van der Waals surface area contributed by atoms with Gasteiger partial charge in [-0.25, -0.2) is 9.63 Å². The minimum absolute atomic E-state index is 0.439. The Bertz CT molecular complexity index is 757. The molecule has 1 amide bonds. The number of carbonyl (C=O) groups excluding carboxylic acids is 1. The van der Waals surface area contributed by atoms with E-state index in [2.05, 4.69) is 26.3 Å². The Morgan fingerprint density at radius 3 is 2.65 bits per heavy atom. The van der Waals surface area contributed by atoms with Crippen LogP contribution in [-0.2, 0) is 21.7 Å². The zero-order valence-corrected chi connectivity index (χ0v) is 17.3. The molecule has 1 heterocycles. The molecule has 0 fully saturated rings. The molecule has 1 aromatic heterocycles. The van der Waals surface area contributed by atoms with Crippen LogP contribution in [0.4, 0.5) is 10.5 Å². The van der Waals surface area contributed by atoms with Gasteiger partial charge in [-0.2, -0.15) is 10.6 Å². The smallest absolute Gasteiger partial charge is 0.408 e. The normalized spacial score (nSPS) is 13.9. The molecule has 8 heteroatoms. The molecule has 0 radical (unpaired) electrons. The van der Waals surface area contributed by atoms with Gasteiger partial charge in [-0.15, -0.1) is 0 Å². The number of aromatic nitrogens is 2. The van der Waals surface area contributed by atoms with Gasteiger partial charge in [-0.1, -0.05) is 12.1 Å². The molecule has 0 bridgehead atoms. The van der Waals surface area contributed by atoms with Gasteiger partial charge in [-0.05, 0) is 49.2 Å². The summed E-state index contributed by atoms with van der Waals surface area (Å²) in [5.74, 6) is 0. The second-order valence-corrected chi connectivity index (χ2v) is 8.21. The van der Waals surface area contributed by atoms with E-state index in [4.69, 9.17) is 9.57 Å². The van der Waals surface area contributed by atoms with Crippen LogP contribution in [0.5, 0.6) is 0 Å². The molecule has 3 N–H and O–H groups in total. The lowest BCUT2D eigenvalue weighted by atomic mass is 9.91. The summed E-state index contributed by atoms with van der Waals surface area (Å²) < 4.78 is 8.10. The molecule has 0 spiro atoms. The highest BCUT2D eigenvalue weighted by Gasteiger charge is 2.32. The molecule has 2 rings (SSSR count). The number of rotatable bonds is 6. The Balaban J connectivity index is 2.34. The molecule has 0 aliphatic carbocycles. The first-order valence-corrected chi connectivity index (χ1v) is 9.06. The summed E-state index contributed by atoms with van der Waals surface area (Å²) in [6.45, 7) is 7.89. The highest BCUT2D eigenvalue weighted by atomic mass is 79.9. The van der Waals surface area contributed by atoms with Crippen LogP contribution in [0.1, 0.15) is 33.3 Å². The Labute approximate surface area is 162 Å². The fraction of sp³-hybridized carbons (Fsp3) is 0.444. The molecular weight excluding hydrogens is 400 g/mol. The van der Waals surface area contributed by atoms with Crippen molar-refractivity contribution in [2.75, 3.05) is 7.11 Å². The first-order chi connectivity index (χ1) is 12.1. The third-order valence-corrected chi connectivity index (χ3v) is 4.04. The summed E-state index contributed by atoms with van der Waals surface area (Å²) >= 11 is 3.40. The van der Waals surface area contributed by atoms with E-state index in [1.165, 1.54) is 0 Å². The van der Waals surface area contributed by atoms with E-state index in [1.807, 2.05) is 58.2 Å². The number of amides is 1. The Morgan fingerprint density at radius 1 is 1.35 bits per heavy atom. The van der Waals surface area contributed by atoms with Gasteiger partial charge in [0.2, 0.25) is 0 Å². The fourth-order valence-electron chi connectivity index (χ4n) is 2.57. The fourth-order valence-corrected chi connectivity index (χ4v) is 2.90. The lowest BCUT2D eigenvalue weighted by Crippen LogP contribution is -2.76. The topological polar surface area (TPSA) is 82.0 Å². The van der Waals surface area contributed by atoms with E-state index < -0.39 is 17.2 Å². The molecule has 0 saturated heterocycles. The lowest BCUT2D eigenvalue weighted by Gasteiger charge is -2.32. The zero-order chi connectivity index (χ0) is 19.4. The van der Waals surface area contributed by atoms with Crippen molar-refractivity contribution in [3.63, 3.8) is 0 Å². The van der Waals surface area contributed by atoms with Gasteiger partial charge in [0.1, 0.15) is 5.60 Å². The number of hydrogen-bond donors (Lipinski definition) is 2. The van der Waals surface area contributed by atoms with Gasteiger partial charge in [0.15, 0.2) is 5.69 Å². The lowest BCUT2D eigenvalue weighted by molar-refractivity contribution is -0.830. The van der Waals surface area contributed by atoms with Crippen LogP contribution in [0.15, 0.2) is 41.1 Å². The maximum Gasteiger partial charge on any atom is 0.408 e. The average molecular weight is 426 g/mol. The van der Waals surface area contributed by atoms with Crippen molar-refractivity contribution in [1.82, 2.24) is 15.1 Å². The van der Waals surface area contributed by atoms with Crippen molar-refractivity contribution in [1.29, 1.82) is 0 Å². The minimum atomic E-state index is -0.731. The van der Waals surface area contributed by atoms with Crippen LogP contribution < -0.4 is 10.8 Å². The SMILES string of the molecule is CO[NH2+]c1cccc(C(C)(Cn2cc(Br)cn2)NC(=O)OC(C)(C)C)c1.